The molecular weight excluding hydrogens is 332 g/mol. The van der Waals surface area contributed by atoms with Crippen LogP contribution in [0.3, 0.4) is 0 Å². The van der Waals surface area contributed by atoms with Gasteiger partial charge in [-0.3, -0.25) is 9.59 Å². The van der Waals surface area contributed by atoms with E-state index in [1.165, 1.54) is 0 Å². The number of benzene rings is 2. The third-order valence-corrected chi connectivity index (χ3v) is 4.05. The van der Waals surface area contributed by atoms with Crippen LogP contribution in [0.4, 0.5) is 11.4 Å². The zero-order valence-electron chi connectivity index (χ0n) is 14.9. The number of carbonyl (C=O) groups is 2. The fourth-order valence-corrected chi connectivity index (χ4v) is 2.53. The van der Waals surface area contributed by atoms with Gasteiger partial charge in [0.2, 0.25) is 0 Å². The van der Waals surface area contributed by atoms with Crippen molar-refractivity contribution in [3.05, 3.63) is 48.0 Å². The van der Waals surface area contributed by atoms with Gasteiger partial charge in [-0.2, -0.15) is 0 Å². The summed E-state index contributed by atoms with van der Waals surface area (Å²) >= 11 is 0. The number of carbonyl (C=O) groups excluding carboxylic acids is 2. The minimum atomic E-state index is -0.527. The van der Waals surface area contributed by atoms with E-state index in [2.05, 4.69) is 17.6 Å². The average Bonchev–Trinajstić information content (AvgIpc) is 2.64. The summed E-state index contributed by atoms with van der Waals surface area (Å²) in [5.74, 6) is 0.891. The lowest BCUT2D eigenvalue weighted by molar-refractivity contribution is -0.122. The standard InChI is InChI=1S/C20H22N2O4/c1-3-4-11-25-16-8-5-14(6-9-16)20(24)21-15-7-10-18-17(12-15)22-19(23)13(2)26-18/h5-10,12-13H,3-4,11H2,1-2H3,(H,21,24)(H,22,23). The summed E-state index contributed by atoms with van der Waals surface area (Å²) in [5.41, 5.74) is 1.65. The van der Waals surface area contributed by atoms with E-state index in [0.717, 1.165) is 18.6 Å². The highest BCUT2D eigenvalue weighted by molar-refractivity contribution is 6.05. The molecule has 1 unspecified atom stereocenters. The van der Waals surface area contributed by atoms with Crippen LogP contribution in [0.15, 0.2) is 42.5 Å². The van der Waals surface area contributed by atoms with Gasteiger partial charge in [0.25, 0.3) is 11.8 Å². The smallest absolute Gasteiger partial charge is 0.265 e. The summed E-state index contributed by atoms with van der Waals surface area (Å²) in [6.45, 7) is 4.46. The van der Waals surface area contributed by atoms with Crippen LogP contribution in [0.2, 0.25) is 0 Å². The maximum absolute atomic E-state index is 12.4. The van der Waals surface area contributed by atoms with Crippen molar-refractivity contribution in [2.24, 2.45) is 0 Å². The fourth-order valence-electron chi connectivity index (χ4n) is 2.53. The Labute approximate surface area is 152 Å². The third-order valence-electron chi connectivity index (χ3n) is 4.05. The number of anilines is 2. The Morgan fingerprint density at radius 3 is 2.73 bits per heavy atom. The van der Waals surface area contributed by atoms with Crippen molar-refractivity contribution in [3.8, 4) is 11.5 Å². The Hall–Kier alpha value is -3.02. The average molecular weight is 354 g/mol. The first-order valence-corrected chi connectivity index (χ1v) is 8.72. The molecule has 2 aromatic rings. The molecule has 1 aliphatic rings. The molecule has 0 fully saturated rings. The van der Waals surface area contributed by atoms with Gasteiger partial charge in [-0.1, -0.05) is 13.3 Å². The maximum Gasteiger partial charge on any atom is 0.265 e. The van der Waals surface area contributed by atoms with Gasteiger partial charge in [-0.05, 0) is 55.8 Å². The molecular formula is C20H22N2O4. The molecule has 0 saturated carbocycles. The van der Waals surface area contributed by atoms with Gasteiger partial charge < -0.3 is 20.1 Å². The lowest BCUT2D eigenvalue weighted by Gasteiger charge is -2.23. The highest BCUT2D eigenvalue weighted by atomic mass is 16.5. The lowest BCUT2D eigenvalue weighted by atomic mass is 10.1. The zero-order valence-corrected chi connectivity index (χ0v) is 14.9. The van der Waals surface area contributed by atoms with Crippen LogP contribution in [-0.2, 0) is 4.79 Å². The predicted octanol–water partition coefficient (Wildman–Crippen LogP) is 3.84. The molecule has 26 heavy (non-hydrogen) atoms. The van der Waals surface area contributed by atoms with Crippen LogP contribution in [0.5, 0.6) is 11.5 Å². The van der Waals surface area contributed by atoms with Crippen LogP contribution in [-0.4, -0.2) is 24.5 Å². The molecule has 2 N–H and O–H groups in total. The first kappa shape index (κ1) is 17.8. The summed E-state index contributed by atoms with van der Waals surface area (Å²) in [7, 11) is 0. The molecule has 1 heterocycles. The second-order valence-electron chi connectivity index (χ2n) is 6.14. The van der Waals surface area contributed by atoms with Crippen molar-refractivity contribution in [3.63, 3.8) is 0 Å². The second-order valence-corrected chi connectivity index (χ2v) is 6.14. The zero-order chi connectivity index (χ0) is 18.5. The van der Waals surface area contributed by atoms with E-state index >= 15 is 0 Å². The lowest BCUT2D eigenvalue weighted by Crippen LogP contribution is -2.34. The van der Waals surface area contributed by atoms with Crippen molar-refractivity contribution in [1.82, 2.24) is 0 Å². The van der Waals surface area contributed by atoms with E-state index in [9.17, 15) is 9.59 Å². The number of nitrogens with one attached hydrogen (secondary N) is 2. The second kappa shape index (κ2) is 7.91. The molecule has 1 aliphatic heterocycles. The number of fused-ring (bicyclic) bond motifs is 1. The molecule has 0 saturated heterocycles. The van der Waals surface area contributed by atoms with Crippen molar-refractivity contribution < 1.29 is 19.1 Å². The van der Waals surface area contributed by atoms with E-state index < -0.39 is 6.10 Å². The van der Waals surface area contributed by atoms with Crippen molar-refractivity contribution >= 4 is 23.2 Å². The Kier molecular flexibility index (Phi) is 5.41. The predicted molar refractivity (Wildman–Crippen MR) is 100.0 cm³/mol. The molecule has 0 radical (unpaired) electrons. The SMILES string of the molecule is CCCCOc1ccc(C(=O)Nc2ccc3c(c2)NC(=O)C(C)O3)cc1. The van der Waals surface area contributed by atoms with Gasteiger partial charge in [0.1, 0.15) is 11.5 Å². The molecule has 3 rings (SSSR count). The Bertz CT molecular complexity index is 802. The summed E-state index contributed by atoms with van der Waals surface area (Å²) in [4.78, 5) is 24.1. The van der Waals surface area contributed by atoms with Gasteiger partial charge in [-0.25, -0.2) is 0 Å². The largest absolute Gasteiger partial charge is 0.494 e. The first-order chi connectivity index (χ1) is 12.6. The molecule has 6 nitrogen and oxygen atoms in total. The van der Waals surface area contributed by atoms with Crippen molar-refractivity contribution in [2.75, 3.05) is 17.2 Å². The molecule has 0 aromatic heterocycles. The van der Waals surface area contributed by atoms with Gasteiger partial charge >= 0.3 is 0 Å². The fraction of sp³-hybridized carbons (Fsp3) is 0.300. The highest BCUT2D eigenvalue weighted by Gasteiger charge is 2.23. The van der Waals surface area contributed by atoms with Crippen LogP contribution in [0, 0.1) is 0 Å². The number of amides is 2. The minimum Gasteiger partial charge on any atom is -0.494 e. The van der Waals surface area contributed by atoms with Gasteiger partial charge in [0.05, 0.1) is 12.3 Å². The monoisotopic (exact) mass is 354 g/mol. The summed E-state index contributed by atoms with van der Waals surface area (Å²) < 4.78 is 11.1. The van der Waals surface area contributed by atoms with E-state index in [0.29, 0.717) is 29.3 Å². The van der Waals surface area contributed by atoms with E-state index in [1.807, 2.05) is 0 Å². The van der Waals surface area contributed by atoms with Crippen LogP contribution in [0.25, 0.3) is 0 Å². The topological polar surface area (TPSA) is 76.7 Å². The molecule has 2 amide bonds. The normalized spacial score (nSPS) is 15.5. The first-order valence-electron chi connectivity index (χ1n) is 8.72. The summed E-state index contributed by atoms with van der Waals surface area (Å²) in [6, 6.07) is 12.2. The summed E-state index contributed by atoms with van der Waals surface area (Å²) in [5, 5.41) is 5.58. The molecule has 2 aromatic carbocycles. The van der Waals surface area contributed by atoms with E-state index in [1.54, 1.807) is 49.4 Å². The van der Waals surface area contributed by atoms with Gasteiger partial charge in [-0.15, -0.1) is 0 Å². The van der Waals surface area contributed by atoms with Crippen molar-refractivity contribution in [1.29, 1.82) is 0 Å². The number of ether oxygens (including phenoxy) is 2. The quantitative estimate of drug-likeness (QED) is 0.773. The van der Waals surface area contributed by atoms with E-state index in [-0.39, 0.29) is 11.8 Å². The molecule has 136 valence electrons. The highest BCUT2D eigenvalue weighted by Crippen LogP contribution is 2.32. The molecule has 0 bridgehead atoms. The molecule has 6 heteroatoms. The molecule has 0 spiro atoms. The van der Waals surface area contributed by atoms with Crippen LogP contribution >= 0.6 is 0 Å². The number of rotatable bonds is 6. The number of hydrogen-bond donors (Lipinski definition) is 2. The Balaban J connectivity index is 1.65. The summed E-state index contributed by atoms with van der Waals surface area (Å²) in [6.07, 6.45) is 1.55. The van der Waals surface area contributed by atoms with Crippen molar-refractivity contribution in [2.45, 2.75) is 32.8 Å². The third kappa shape index (κ3) is 4.14. The Morgan fingerprint density at radius 2 is 2.00 bits per heavy atom. The van der Waals surface area contributed by atoms with E-state index in [4.69, 9.17) is 9.47 Å². The van der Waals surface area contributed by atoms with Gasteiger partial charge in [0, 0.05) is 11.3 Å². The minimum absolute atomic E-state index is 0.209. The number of hydrogen-bond acceptors (Lipinski definition) is 4. The van der Waals surface area contributed by atoms with Gasteiger partial charge in [0.15, 0.2) is 6.10 Å². The number of unbranched alkanes of at least 4 members (excludes halogenated alkanes) is 1. The molecule has 0 aliphatic carbocycles. The van der Waals surface area contributed by atoms with Crippen LogP contribution in [0.1, 0.15) is 37.0 Å². The van der Waals surface area contributed by atoms with Crippen LogP contribution < -0.4 is 20.1 Å². The maximum atomic E-state index is 12.4. The Morgan fingerprint density at radius 1 is 1.23 bits per heavy atom. The molecule has 1 atom stereocenters.